The number of sulfonamides is 1. The quantitative estimate of drug-likeness (QED) is 0.307. The second-order valence-corrected chi connectivity index (χ2v) is 12.5. The van der Waals surface area contributed by atoms with Crippen molar-refractivity contribution in [1.82, 2.24) is 9.97 Å². The summed E-state index contributed by atoms with van der Waals surface area (Å²) < 4.78 is 54.4. The molecule has 2 saturated heterocycles. The first-order valence-electron chi connectivity index (χ1n) is 13.9. The number of nitrogens with zero attached hydrogens (tertiary/aromatic N) is 4. The van der Waals surface area contributed by atoms with E-state index in [1.807, 2.05) is 0 Å². The molecule has 3 heterocycles. The van der Waals surface area contributed by atoms with E-state index in [-0.39, 0.29) is 50.0 Å². The average molecular weight is 597 g/mol. The van der Waals surface area contributed by atoms with Crippen LogP contribution in [0.3, 0.4) is 0 Å². The van der Waals surface area contributed by atoms with Crippen LogP contribution in [0.15, 0.2) is 24.3 Å². The van der Waals surface area contributed by atoms with Gasteiger partial charge >= 0.3 is 0 Å². The average Bonchev–Trinajstić information content (AvgIpc) is 2.91. The number of alkyl halides is 2. The zero-order valence-corrected chi connectivity index (χ0v) is 24.0. The number of halogens is 2. The van der Waals surface area contributed by atoms with E-state index in [1.165, 1.54) is 6.07 Å². The number of rotatable bonds is 11. The summed E-state index contributed by atoms with van der Waals surface area (Å²) in [6, 6.07) is 6.25. The minimum Gasteiger partial charge on any atom is -0.396 e. The lowest BCUT2D eigenvalue weighted by atomic mass is 9.92. The first-order chi connectivity index (χ1) is 19.5. The number of aryl methyl sites for hydroxylation is 1. The SMILES string of the molecule is Cc1cc(NC(=O)c2ccc(NS(=O)(=O)CCO)cc2N2CCCC(CCCO)C2)nc(N2CCC(F)(F)CC2)n1. The Morgan fingerprint density at radius 1 is 1.10 bits per heavy atom. The number of hydrogen-bond acceptors (Lipinski definition) is 9. The first kappa shape index (κ1) is 30.8. The van der Waals surface area contributed by atoms with Crippen LogP contribution in [0.25, 0.3) is 0 Å². The number of benzene rings is 1. The lowest BCUT2D eigenvalue weighted by molar-refractivity contribution is -0.0222. The second-order valence-electron chi connectivity index (χ2n) is 10.7. The molecule has 2 aliphatic heterocycles. The molecular formula is C27H38F2N6O5S. The highest BCUT2D eigenvalue weighted by Crippen LogP contribution is 2.32. The van der Waals surface area contributed by atoms with Gasteiger partial charge in [-0.15, -0.1) is 0 Å². The maximum atomic E-state index is 13.7. The van der Waals surface area contributed by atoms with Crippen molar-refractivity contribution in [2.45, 2.75) is 51.4 Å². The molecule has 1 atom stereocenters. The number of aliphatic hydroxyl groups excluding tert-OH is 2. The Bertz CT molecular complexity index is 1320. The lowest BCUT2D eigenvalue weighted by Crippen LogP contribution is -2.40. The van der Waals surface area contributed by atoms with Crippen molar-refractivity contribution >= 4 is 39.1 Å². The fourth-order valence-corrected chi connectivity index (χ4v) is 6.10. The van der Waals surface area contributed by atoms with Crippen LogP contribution in [0, 0.1) is 12.8 Å². The van der Waals surface area contributed by atoms with Crippen LogP contribution in [0.5, 0.6) is 0 Å². The minimum atomic E-state index is -3.78. The van der Waals surface area contributed by atoms with Crippen molar-refractivity contribution < 1.29 is 32.2 Å². The van der Waals surface area contributed by atoms with Gasteiger partial charge in [0.25, 0.3) is 11.8 Å². The van der Waals surface area contributed by atoms with Gasteiger partial charge in [0.2, 0.25) is 16.0 Å². The van der Waals surface area contributed by atoms with E-state index in [2.05, 4.69) is 24.9 Å². The lowest BCUT2D eigenvalue weighted by Gasteiger charge is -2.35. The van der Waals surface area contributed by atoms with Crippen molar-refractivity contribution in [1.29, 1.82) is 0 Å². The van der Waals surface area contributed by atoms with Gasteiger partial charge in [0.15, 0.2) is 0 Å². The van der Waals surface area contributed by atoms with Crippen LogP contribution in [-0.2, 0) is 10.0 Å². The largest absolute Gasteiger partial charge is 0.396 e. The van der Waals surface area contributed by atoms with Crippen molar-refractivity contribution in [3.05, 3.63) is 35.5 Å². The predicted molar refractivity (Wildman–Crippen MR) is 153 cm³/mol. The summed E-state index contributed by atoms with van der Waals surface area (Å²) in [5.74, 6) is -2.82. The third-order valence-corrected chi connectivity index (χ3v) is 8.63. The third kappa shape index (κ3) is 8.46. The molecule has 2 aliphatic rings. The molecule has 0 aliphatic carbocycles. The Kier molecular flexibility index (Phi) is 9.97. The number of aliphatic hydroxyl groups is 2. The summed E-state index contributed by atoms with van der Waals surface area (Å²) in [5.41, 5.74) is 1.70. The number of piperidine rings is 2. The number of carbonyl (C=O) groups is 1. The molecule has 0 saturated carbocycles. The third-order valence-electron chi connectivity index (χ3n) is 7.37. The standard InChI is InChI=1S/C27H38F2N6O5S/c1-19-16-24(32-26(30-19)34-11-8-27(28,29)9-12-34)31-25(38)22-7-6-21(33-41(39,40)15-14-37)17-23(22)35-10-2-4-20(18-35)5-3-13-36/h6-7,16-17,20,33,36-37H,2-5,8-15,18H2,1H3,(H,30,31,32,38). The smallest absolute Gasteiger partial charge is 0.258 e. The van der Waals surface area contributed by atoms with Gasteiger partial charge in [0.05, 0.1) is 29.3 Å². The number of nitrogens with one attached hydrogen (secondary N) is 2. The van der Waals surface area contributed by atoms with Crippen molar-refractivity contribution in [3.63, 3.8) is 0 Å². The zero-order chi connectivity index (χ0) is 29.6. The molecule has 41 heavy (non-hydrogen) atoms. The molecule has 0 bridgehead atoms. The molecule has 2 fully saturated rings. The van der Waals surface area contributed by atoms with Gasteiger partial charge in [0.1, 0.15) is 5.82 Å². The van der Waals surface area contributed by atoms with Gasteiger partial charge in [-0.2, -0.15) is 4.98 Å². The van der Waals surface area contributed by atoms with Crippen LogP contribution in [0.2, 0.25) is 0 Å². The molecule has 0 radical (unpaired) electrons. The van der Waals surface area contributed by atoms with Crippen LogP contribution in [0.4, 0.5) is 31.9 Å². The fourth-order valence-electron chi connectivity index (χ4n) is 5.27. The molecular weight excluding hydrogens is 558 g/mol. The minimum absolute atomic E-state index is 0.104. The molecule has 1 amide bonds. The van der Waals surface area contributed by atoms with E-state index in [4.69, 9.17) is 5.11 Å². The molecule has 4 N–H and O–H groups in total. The number of amides is 1. The Morgan fingerprint density at radius 3 is 2.56 bits per heavy atom. The van der Waals surface area contributed by atoms with Crippen LogP contribution >= 0.6 is 0 Å². The van der Waals surface area contributed by atoms with Crippen molar-refractivity contribution in [2.75, 3.05) is 65.0 Å². The summed E-state index contributed by atoms with van der Waals surface area (Å²) in [7, 11) is -3.78. The molecule has 14 heteroatoms. The van der Waals surface area contributed by atoms with E-state index in [1.54, 1.807) is 30.0 Å². The van der Waals surface area contributed by atoms with Crippen LogP contribution < -0.4 is 19.8 Å². The maximum absolute atomic E-state index is 13.7. The maximum Gasteiger partial charge on any atom is 0.258 e. The highest BCUT2D eigenvalue weighted by atomic mass is 32.2. The number of aromatic nitrogens is 2. The predicted octanol–water partition coefficient (Wildman–Crippen LogP) is 3.00. The summed E-state index contributed by atoms with van der Waals surface area (Å²) >= 11 is 0. The van der Waals surface area contributed by atoms with Gasteiger partial charge in [-0.3, -0.25) is 9.52 Å². The molecule has 0 spiro atoms. The van der Waals surface area contributed by atoms with Crippen molar-refractivity contribution in [2.24, 2.45) is 5.92 Å². The van der Waals surface area contributed by atoms with Gasteiger partial charge in [-0.05, 0) is 56.7 Å². The molecule has 2 aromatic rings. The highest BCUT2D eigenvalue weighted by molar-refractivity contribution is 7.92. The van der Waals surface area contributed by atoms with E-state index in [0.29, 0.717) is 42.4 Å². The topological polar surface area (TPSA) is 148 Å². The van der Waals surface area contributed by atoms with Crippen LogP contribution in [0.1, 0.15) is 54.6 Å². The molecule has 11 nitrogen and oxygen atoms in total. The Morgan fingerprint density at radius 2 is 1.85 bits per heavy atom. The molecule has 1 aromatic heterocycles. The van der Waals surface area contributed by atoms with E-state index in [0.717, 1.165) is 19.3 Å². The van der Waals surface area contributed by atoms with Gasteiger partial charge in [-0.1, -0.05) is 0 Å². The van der Waals surface area contributed by atoms with Gasteiger partial charge in [0, 0.05) is 57.4 Å². The second kappa shape index (κ2) is 13.3. The summed E-state index contributed by atoms with van der Waals surface area (Å²) in [5, 5.41) is 21.2. The van der Waals surface area contributed by atoms with Crippen molar-refractivity contribution in [3.8, 4) is 0 Å². The summed E-state index contributed by atoms with van der Waals surface area (Å²) in [6.07, 6.45) is 2.80. The monoisotopic (exact) mass is 596 g/mol. The number of carbonyl (C=O) groups excluding carboxylic acids is 1. The van der Waals surface area contributed by atoms with Gasteiger partial charge < -0.3 is 25.3 Å². The van der Waals surface area contributed by atoms with E-state index >= 15 is 0 Å². The normalized spacial score (nSPS) is 19.2. The van der Waals surface area contributed by atoms with E-state index in [9.17, 15) is 27.1 Å². The molecule has 226 valence electrons. The molecule has 1 aromatic carbocycles. The van der Waals surface area contributed by atoms with E-state index < -0.39 is 34.2 Å². The molecule has 1 unspecified atom stereocenters. The Balaban J connectivity index is 1.60. The Labute approximate surface area is 239 Å². The van der Waals surface area contributed by atoms with Gasteiger partial charge in [-0.25, -0.2) is 22.2 Å². The number of hydrogen-bond donors (Lipinski definition) is 4. The van der Waals surface area contributed by atoms with Crippen LogP contribution in [-0.4, -0.2) is 85.6 Å². The summed E-state index contributed by atoms with van der Waals surface area (Å²) in [4.78, 5) is 26.1. The summed E-state index contributed by atoms with van der Waals surface area (Å²) in [6.45, 7) is 2.83. The number of anilines is 4. The highest BCUT2D eigenvalue weighted by Gasteiger charge is 2.35. The fraction of sp³-hybridized carbons (Fsp3) is 0.593. The first-order valence-corrected chi connectivity index (χ1v) is 15.5. The zero-order valence-electron chi connectivity index (χ0n) is 23.2. The Hall–Kier alpha value is -3.10. The molecule has 4 rings (SSSR count).